The Morgan fingerprint density at radius 2 is 1.84 bits per heavy atom. The van der Waals surface area contributed by atoms with Gasteiger partial charge in [-0.3, -0.25) is 0 Å². The predicted octanol–water partition coefficient (Wildman–Crippen LogP) is 5.40. The van der Waals surface area contributed by atoms with E-state index in [4.69, 9.17) is 0 Å². The van der Waals surface area contributed by atoms with Crippen molar-refractivity contribution in [2.45, 2.75) is 91.5 Å². The first-order valence-electron chi connectivity index (χ1n) is 8.90. The largest absolute Gasteiger partial charge is 0.314 e. The zero-order valence-electron chi connectivity index (χ0n) is 13.9. The number of nitrogens with one attached hydrogen (secondary N) is 1. The molecular weight excluding hydrogens is 230 g/mol. The summed E-state index contributed by atoms with van der Waals surface area (Å²) >= 11 is 0. The number of rotatable bonds is 9. The zero-order valence-corrected chi connectivity index (χ0v) is 13.9. The second-order valence-electron chi connectivity index (χ2n) is 7.11. The molecule has 0 heterocycles. The summed E-state index contributed by atoms with van der Waals surface area (Å²) < 4.78 is 0. The van der Waals surface area contributed by atoms with Gasteiger partial charge < -0.3 is 5.32 Å². The Kier molecular flexibility index (Phi) is 8.77. The van der Waals surface area contributed by atoms with Crippen molar-refractivity contribution in [3.63, 3.8) is 0 Å². The van der Waals surface area contributed by atoms with Crippen LogP contribution in [0.4, 0.5) is 0 Å². The minimum Gasteiger partial charge on any atom is -0.314 e. The lowest BCUT2D eigenvalue weighted by Crippen LogP contribution is -2.41. The van der Waals surface area contributed by atoms with Crippen LogP contribution in [0.5, 0.6) is 0 Å². The van der Waals surface area contributed by atoms with E-state index in [0.29, 0.717) is 0 Å². The van der Waals surface area contributed by atoms with E-state index in [-0.39, 0.29) is 0 Å². The Morgan fingerprint density at radius 1 is 1.05 bits per heavy atom. The van der Waals surface area contributed by atoms with Gasteiger partial charge in [0.15, 0.2) is 0 Å². The van der Waals surface area contributed by atoms with Crippen molar-refractivity contribution in [3.8, 4) is 0 Å². The quantitative estimate of drug-likeness (QED) is 0.590. The Morgan fingerprint density at radius 3 is 2.47 bits per heavy atom. The topological polar surface area (TPSA) is 12.0 Å². The molecule has 0 radical (unpaired) electrons. The van der Waals surface area contributed by atoms with Gasteiger partial charge >= 0.3 is 0 Å². The van der Waals surface area contributed by atoms with Crippen molar-refractivity contribution in [1.82, 2.24) is 5.32 Å². The van der Waals surface area contributed by atoms with Crippen LogP contribution >= 0.6 is 0 Å². The summed E-state index contributed by atoms with van der Waals surface area (Å²) in [5.74, 6) is 2.85. The molecule has 0 aliphatic heterocycles. The lowest BCUT2D eigenvalue weighted by Gasteiger charge is -2.37. The maximum Gasteiger partial charge on any atom is 0.00955 e. The molecule has 114 valence electrons. The van der Waals surface area contributed by atoms with Gasteiger partial charge in [-0.1, -0.05) is 53.4 Å². The molecular formula is C18H37N. The van der Waals surface area contributed by atoms with Crippen LogP contribution in [0.3, 0.4) is 0 Å². The smallest absolute Gasteiger partial charge is 0.00955 e. The molecule has 0 saturated heterocycles. The maximum atomic E-state index is 3.82. The average molecular weight is 268 g/mol. The van der Waals surface area contributed by atoms with E-state index in [1.165, 1.54) is 64.3 Å². The monoisotopic (exact) mass is 267 g/mol. The molecule has 1 aliphatic rings. The van der Waals surface area contributed by atoms with Gasteiger partial charge in [0.1, 0.15) is 0 Å². The molecule has 1 nitrogen and oxygen atoms in total. The third-order valence-electron chi connectivity index (χ3n) is 4.80. The van der Waals surface area contributed by atoms with Crippen LogP contribution in [0.2, 0.25) is 0 Å². The van der Waals surface area contributed by atoms with Crippen molar-refractivity contribution in [2.24, 2.45) is 17.8 Å². The first-order valence-corrected chi connectivity index (χ1v) is 8.90. The standard InChI is InChI=1S/C18H37N/c1-5-8-16-11-12-18(19-13-6-2)17(14-16)10-7-9-15(3)4/h15-19H,5-14H2,1-4H3. The fourth-order valence-electron chi connectivity index (χ4n) is 3.74. The second kappa shape index (κ2) is 9.80. The summed E-state index contributed by atoms with van der Waals surface area (Å²) in [6.07, 6.45) is 12.8. The molecule has 0 amide bonds. The SMILES string of the molecule is CCCNC1CCC(CCC)CC1CCCC(C)C. The van der Waals surface area contributed by atoms with Gasteiger partial charge in [0.05, 0.1) is 0 Å². The predicted molar refractivity (Wildman–Crippen MR) is 86.5 cm³/mol. The van der Waals surface area contributed by atoms with Crippen LogP contribution in [0.1, 0.15) is 85.5 Å². The first kappa shape index (κ1) is 17.0. The minimum absolute atomic E-state index is 0.820. The van der Waals surface area contributed by atoms with Gasteiger partial charge in [-0.25, -0.2) is 0 Å². The summed E-state index contributed by atoms with van der Waals surface area (Å²) in [6.45, 7) is 10.5. The van der Waals surface area contributed by atoms with E-state index in [0.717, 1.165) is 23.8 Å². The van der Waals surface area contributed by atoms with Crippen molar-refractivity contribution in [2.75, 3.05) is 6.54 Å². The van der Waals surface area contributed by atoms with Gasteiger partial charge in [0, 0.05) is 6.04 Å². The maximum absolute atomic E-state index is 3.82. The summed E-state index contributed by atoms with van der Waals surface area (Å²) in [7, 11) is 0. The van der Waals surface area contributed by atoms with Gasteiger partial charge in [-0.15, -0.1) is 0 Å². The molecule has 3 atom stereocenters. The van der Waals surface area contributed by atoms with E-state index < -0.39 is 0 Å². The molecule has 1 fully saturated rings. The second-order valence-corrected chi connectivity index (χ2v) is 7.11. The van der Waals surface area contributed by atoms with Crippen LogP contribution in [0, 0.1) is 17.8 Å². The van der Waals surface area contributed by atoms with Gasteiger partial charge in [0.2, 0.25) is 0 Å². The molecule has 3 unspecified atom stereocenters. The third kappa shape index (κ3) is 6.79. The molecule has 19 heavy (non-hydrogen) atoms. The van der Waals surface area contributed by atoms with Gasteiger partial charge in [-0.05, 0) is 56.4 Å². The van der Waals surface area contributed by atoms with Crippen LogP contribution in [-0.2, 0) is 0 Å². The van der Waals surface area contributed by atoms with E-state index in [1.807, 2.05) is 0 Å². The Bertz CT molecular complexity index is 212. The summed E-state index contributed by atoms with van der Waals surface area (Å²) in [5, 5.41) is 3.82. The summed E-state index contributed by atoms with van der Waals surface area (Å²) in [5.41, 5.74) is 0. The van der Waals surface area contributed by atoms with Crippen LogP contribution in [0.15, 0.2) is 0 Å². The van der Waals surface area contributed by atoms with Crippen LogP contribution < -0.4 is 5.32 Å². The molecule has 0 aromatic rings. The van der Waals surface area contributed by atoms with E-state index in [2.05, 4.69) is 33.0 Å². The lowest BCUT2D eigenvalue weighted by molar-refractivity contribution is 0.181. The molecule has 1 heteroatoms. The van der Waals surface area contributed by atoms with Crippen molar-refractivity contribution >= 4 is 0 Å². The Balaban J connectivity index is 2.40. The zero-order chi connectivity index (χ0) is 14.1. The van der Waals surface area contributed by atoms with Gasteiger partial charge in [-0.2, -0.15) is 0 Å². The van der Waals surface area contributed by atoms with Crippen LogP contribution in [-0.4, -0.2) is 12.6 Å². The van der Waals surface area contributed by atoms with E-state index >= 15 is 0 Å². The molecule has 1 rings (SSSR count). The van der Waals surface area contributed by atoms with Crippen LogP contribution in [0.25, 0.3) is 0 Å². The highest BCUT2D eigenvalue weighted by Crippen LogP contribution is 2.35. The van der Waals surface area contributed by atoms with E-state index in [1.54, 1.807) is 0 Å². The first-order chi connectivity index (χ1) is 9.17. The summed E-state index contributed by atoms with van der Waals surface area (Å²) in [6, 6.07) is 0.820. The molecule has 0 aromatic heterocycles. The normalized spacial score (nSPS) is 27.9. The summed E-state index contributed by atoms with van der Waals surface area (Å²) in [4.78, 5) is 0. The molecule has 0 bridgehead atoms. The minimum atomic E-state index is 0.820. The molecule has 0 aromatic carbocycles. The molecule has 1 saturated carbocycles. The average Bonchev–Trinajstić information content (AvgIpc) is 2.38. The Labute approximate surface area is 121 Å². The van der Waals surface area contributed by atoms with Crippen molar-refractivity contribution < 1.29 is 0 Å². The van der Waals surface area contributed by atoms with Crippen molar-refractivity contribution in [3.05, 3.63) is 0 Å². The molecule has 1 N–H and O–H groups in total. The highest BCUT2D eigenvalue weighted by atomic mass is 14.9. The van der Waals surface area contributed by atoms with E-state index in [9.17, 15) is 0 Å². The van der Waals surface area contributed by atoms with Crippen molar-refractivity contribution in [1.29, 1.82) is 0 Å². The highest BCUT2D eigenvalue weighted by molar-refractivity contribution is 4.84. The van der Waals surface area contributed by atoms with Gasteiger partial charge in [0.25, 0.3) is 0 Å². The highest BCUT2D eigenvalue weighted by Gasteiger charge is 2.29. The molecule has 0 spiro atoms. The third-order valence-corrected chi connectivity index (χ3v) is 4.80. The Hall–Kier alpha value is -0.0400. The fraction of sp³-hybridized carbons (Fsp3) is 1.00. The lowest BCUT2D eigenvalue weighted by atomic mass is 9.74. The number of hydrogen-bond donors (Lipinski definition) is 1. The fourth-order valence-corrected chi connectivity index (χ4v) is 3.74. The molecule has 1 aliphatic carbocycles. The number of hydrogen-bond acceptors (Lipinski definition) is 1.